The summed E-state index contributed by atoms with van der Waals surface area (Å²) < 4.78 is 15.5. The van der Waals surface area contributed by atoms with Crippen molar-refractivity contribution in [2.45, 2.75) is 6.54 Å². The molecule has 0 amide bonds. The Balaban J connectivity index is 2.02. The van der Waals surface area contributed by atoms with Gasteiger partial charge in [-0.2, -0.15) is 0 Å². The lowest BCUT2D eigenvalue weighted by Crippen LogP contribution is -2.23. The van der Waals surface area contributed by atoms with E-state index < -0.39 is 0 Å². The van der Waals surface area contributed by atoms with Gasteiger partial charge >= 0.3 is 0 Å². The number of hydrogen-bond donors (Lipinski definition) is 0. The molecule has 0 fully saturated rings. The van der Waals surface area contributed by atoms with Crippen molar-refractivity contribution in [1.29, 1.82) is 0 Å². The number of nitrogens with zero attached hydrogens (tertiary/aromatic N) is 2. The van der Waals surface area contributed by atoms with E-state index in [4.69, 9.17) is 0 Å². The number of imidazole rings is 1. The highest BCUT2D eigenvalue weighted by molar-refractivity contribution is 5.71. The monoisotopic (exact) mass is 242 g/mol. The first kappa shape index (κ1) is 10.8. The molecule has 3 nitrogen and oxygen atoms in total. The first-order chi connectivity index (χ1) is 8.74. The number of halogens is 1. The molecule has 0 saturated heterocycles. The van der Waals surface area contributed by atoms with Crippen LogP contribution in [0.4, 0.5) is 4.39 Å². The number of benzene rings is 2. The van der Waals surface area contributed by atoms with Crippen LogP contribution in [0.2, 0.25) is 0 Å². The molecule has 0 unspecified atom stereocenters. The molecule has 0 radical (unpaired) electrons. The fourth-order valence-corrected chi connectivity index (χ4v) is 2.06. The Bertz CT molecular complexity index is 689. The van der Waals surface area contributed by atoms with Crippen molar-refractivity contribution in [3.63, 3.8) is 0 Å². The molecule has 1 aromatic heterocycles. The van der Waals surface area contributed by atoms with E-state index in [1.807, 2.05) is 22.8 Å². The van der Waals surface area contributed by atoms with Crippen molar-refractivity contribution in [1.82, 2.24) is 4.57 Å². The summed E-state index contributed by atoms with van der Waals surface area (Å²) in [6.45, 7) is 0.552. The van der Waals surface area contributed by atoms with Gasteiger partial charge in [0.1, 0.15) is 12.4 Å². The lowest BCUT2D eigenvalue weighted by atomic mass is 10.2. The van der Waals surface area contributed by atoms with E-state index in [0.29, 0.717) is 12.1 Å². The Labute approximate surface area is 103 Å². The first-order valence-corrected chi connectivity index (χ1v) is 5.65. The molecule has 2 aromatic carbocycles. The molecule has 0 N–H and O–H groups in total. The van der Waals surface area contributed by atoms with Crippen LogP contribution in [-0.2, 0) is 6.54 Å². The average molecular weight is 242 g/mol. The molecule has 4 heteroatoms. The molecule has 0 aliphatic carbocycles. The van der Waals surface area contributed by atoms with Crippen LogP contribution in [0.25, 0.3) is 11.0 Å². The SMILES string of the molecule is [O-][n+]1cn(Cc2ccc(F)cc2)c2ccccc21. The number of fused-ring (bicyclic) bond motifs is 1. The summed E-state index contributed by atoms with van der Waals surface area (Å²) in [7, 11) is 0. The first-order valence-electron chi connectivity index (χ1n) is 5.65. The Morgan fingerprint density at radius 2 is 1.78 bits per heavy atom. The Morgan fingerprint density at radius 1 is 1.06 bits per heavy atom. The summed E-state index contributed by atoms with van der Waals surface area (Å²) in [5, 5.41) is 11.7. The molecule has 1 heterocycles. The highest BCUT2D eigenvalue weighted by Crippen LogP contribution is 2.13. The van der Waals surface area contributed by atoms with Crippen molar-refractivity contribution in [3.05, 3.63) is 71.4 Å². The maximum atomic E-state index is 12.8. The van der Waals surface area contributed by atoms with Crippen LogP contribution in [0.1, 0.15) is 5.56 Å². The third-order valence-corrected chi connectivity index (χ3v) is 2.94. The average Bonchev–Trinajstić information content (AvgIpc) is 2.70. The lowest BCUT2D eigenvalue weighted by molar-refractivity contribution is -0.578. The fourth-order valence-electron chi connectivity index (χ4n) is 2.06. The lowest BCUT2D eigenvalue weighted by Gasteiger charge is -1.98. The van der Waals surface area contributed by atoms with E-state index >= 15 is 0 Å². The molecule has 0 aliphatic rings. The predicted octanol–water partition coefficient (Wildman–Crippen LogP) is 2.46. The quantitative estimate of drug-likeness (QED) is 0.501. The maximum Gasteiger partial charge on any atom is 0.248 e. The van der Waals surface area contributed by atoms with Gasteiger partial charge < -0.3 is 5.21 Å². The second kappa shape index (κ2) is 4.14. The van der Waals surface area contributed by atoms with Crippen LogP contribution >= 0.6 is 0 Å². The molecule has 3 rings (SSSR count). The molecule has 18 heavy (non-hydrogen) atoms. The third kappa shape index (κ3) is 1.82. The van der Waals surface area contributed by atoms with E-state index in [0.717, 1.165) is 15.8 Å². The summed E-state index contributed by atoms with van der Waals surface area (Å²) in [6, 6.07) is 13.7. The number of aromatic nitrogens is 2. The van der Waals surface area contributed by atoms with Gasteiger partial charge in [-0.25, -0.2) is 13.7 Å². The van der Waals surface area contributed by atoms with Crippen molar-refractivity contribution in [2.75, 3.05) is 0 Å². The number of hydrogen-bond acceptors (Lipinski definition) is 1. The minimum absolute atomic E-state index is 0.255. The van der Waals surface area contributed by atoms with Gasteiger partial charge in [0.05, 0.1) is 0 Å². The molecule has 0 spiro atoms. The summed E-state index contributed by atoms with van der Waals surface area (Å²) in [5.74, 6) is -0.255. The largest absolute Gasteiger partial charge is 0.710 e. The van der Waals surface area contributed by atoms with Gasteiger partial charge in [0, 0.05) is 0 Å². The van der Waals surface area contributed by atoms with Crippen LogP contribution in [0, 0.1) is 11.0 Å². The molecular weight excluding hydrogens is 231 g/mol. The summed E-state index contributed by atoms with van der Waals surface area (Å²) in [5.41, 5.74) is 2.47. The summed E-state index contributed by atoms with van der Waals surface area (Å²) in [4.78, 5) is 0. The van der Waals surface area contributed by atoms with Gasteiger partial charge in [-0.3, -0.25) is 0 Å². The van der Waals surface area contributed by atoms with Crippen molar-refractivity contribution in [3.8, 4) is 0 Å². The van der Waals surface area contributed by atoms with E-state index in [9.17, 15) is 9.60 Å². The number of para-hydroxylation sites is 2. The molecular formula is C14H11FN2O. The predicted molar refractivity (Wildman–Crippen MR) is 66.4 cm³/mol. The zero-order chi connectivity index (χ0) is 12.5. The molecule has 0 aliphatic heterocycles. The molecule has 0 atom stereocenters. The summed E-state index contributed by atoms with van der Waals surface area (Å²) >= 11 is 0. The van der Waals surface area contributed by atoms with Gasteiger partial charge in [-0.1, -0.05) is 24.3 Å². The maximum absolute atomic E-state index is 12.8. The smallest absolute Gasteiger partial charge is 0.248 e. The second-order valence-corrected chi connectivity index (χ2v) is 4.18. The van der Waals surface area contributed by atoms with Gasteiger partial charge in [0.15, 0.2) is 11.0 Å². The molecule has 3 aromatic rings. The Morgan fingerprint density at radius 3 is 2.56 bits per heavy atom. The van der Waals surface area contributed by atoms with Gasteiger partial charge in [0.25, 0.3) is 0 Å². The molecule has 0 bridgehead atoms. The van der Waals surface area contributed by atoms with E-state index in [2.05, 4.69) is 0 Å². The standard InChI is InChI=1S/C14H11FN2O/c15-12-7-5-11(6-8-12)9-16-10-17(18)14-4-2-1-3-13(14)16/h1-8,10H,9H2. The van der Waals surface area contributed by atoms with Crippen LogP contribution in [0.15, 0.2) is 54.9 Å². The zero-order valence-electron chi connectivity index (χ0n) is 9.58. The van der Waals surface area contributed by atoms with Crippen LogP contribution in [-0.4, -0.2) is 4.57 Å². The molecule has 0 saturated carbocycles. The van der Waals surface area contributed by atoms with Gasteiger partial charge in [-0.15, -0.1) is 0 Å². The van der Waals surface area contributed by atoms with Crippen LogP contribution in [0.3, 0.4) is 0 Å². The fraction of sp³-hybridized carbons (Fsp3) is 0.0714. The third-order valence-electron chi connectivity index (χ3n) is 2.94. The Hall–Kier alpha value is -2.36. The van der Waals surface area contributed by atoms with Gasteiger partial charge in [-0.05, 0) is 29.8 Å². The van der Waals surface area contributed by atoms with E-state index in [-0.39, 0.29) is 5.82 Å². The normalized spacial score (nSPS) is 10.9. The van der Waals surface area contributed by atoms with Crippen molar-refractivity contribution < 1.29 is 9.12 Å². The second-order valence-electron chi connectivity index (χ2n) is 4.18. The zero-order valence-corrected chi connectivity index (χ0v) is 9.58. The minimum atomic E-state index is -0.255. The number of rotatable bonds is 2. The summed E-state index contributed by atoms with van der Waals surface area (Å²) in [6.07, 6.45) is 1.51. The molecule has 90 valence electrons. The van der Waals surface area contributed by atoms with Crippen LogP contribution < -0.4 is 4.73 Å². The topological polar surface area (TPSA) is 31.9 Å². The highest BCUT2D eigenvalue weighted by atomic mass is 19.1. The van der Waals surface area contributed by atoms with Crippen molar-refractivity contribution >= 4 is 11.0 Å². The van der Waals surface area contributed by atoms with Crippen molar-refractivity contribution in [2.24, 2.45) is 0 Å². The van der Waals surface area contributed by atoms with E-state index in [1.165, 1.54) is 18.5 Å². The van der Waals surface area contributed by atoms with Crippen LogP contribution in [0.5, 0.6) is 0 Å². The Kier molecular flexibility index (Phi) is 2.48. The van der Waals surface area contributed by atoms with Gasteiger partial charge in [0.2, 0.25) is 6.33 Å². The van der Waals surface area contributed by atoms with E-state index in [1.54, 1.807) is 18.2 Å². The minimum Gasteiger partial charge on any atom is -0.710 e. The highest BCUT2D eigenvalue weighted by Gasteiger charge is 2.11.